The van der Waals surface area contributed by atoms with Crippen LogP contribution in [0.25, 0.3) is 12.2 Å². The van der Waals surface area contributed by atoms with E-state index in [1.54, 1.807) is 36.4 Å². The smallest absolute Gasteiger partial charge is 0.185 e. The van der Waals surface area contributed by atoms with Gasteiger partial charge in [-0.15, -0.1) is 0 Å². The standard InChI is InChI=1S/C19H14F2O/c20-17-5-1-3-13(11-17)9-15-7-8-16(19(15)22)10-14-4-2-6-18(21)12-14/h1-6,9-12H,7-8H2. The molecule has 0 saturated heterocycles. The summed E-state index contributed by atoms with van der Waals surface area (Å²) in [4.78, 5) is 12.4. The minimum Gasteiger partial charge on any atom is -0.289 e. The fourth-order valence-corrected chi connectivity index (χ4v) is 2.57. The van der Waals surface area contributed by atoms with Crippen molar-refractivity contribution < 1.29 is 13.6 Å². The normalized spacial score (nSPS) is 18.4. The number of benzene rings is 2. The maximum atomic E-state index is 13.2. The molecule has 0 unspecified atom stereocenters. The summed E-state index contributed by atoms with van der Waals surface area (Å²) in [7, 11) is 0. The lowest BCUT2D eigenvalue weighted by Crippen LogP contribution is -1.95. The summed E-state index contributed by atoms with van der Waals surface area (Å²) >= 11 is 0. The second kappa shape index (κ2) is 6.06. The molecule has 3 heteroatoms. The summed E-state index contributed by atoms with van der Waals surface area (Å²) in [6.07, 6.45) is 4.68. The monoisotopic (exact) mass is 296 g/mol. The topological polar surface area (TPSA) is 17.1 Å². The summed E-state index contributed by atoms with van der Waals surface area (Å²) < 4.78 is 26.4. The van der Waals surface area contributed by atoms with Crippen LogP contribution < -0.4 is 0 Å². The van der Waals surface area contributed by atoms with Gasteiger partial charge in [0.1, 0.15) is 11.6 Å². The van der Waals surface area contributed by atoms with Gasteiger partial charge in [-0.3, -0.25) is 4.79 Å². The van der Waals surface area contributed by atoms with Crippen LogP contribution in [0, 0.1) is 11.6 Å². The van der Waals surface area contributed by atoms with Crippen LogP contribution in [0.5, 0.6) is 0 Å². The molecule has 1 fully saturated rings. The second-order valence-electron chi connectivity index (χ2n) is 5.28. The van der Waals surface area contributed by atoms with Crippen LogP contribution in [-0.2, 0) is 4.79 Å². The quantitative estimate of drug-likeness (QED) is 0.728. The maximum absolute atomic E-state index is 13.2. The molecule has 0 aliphatic heterocycles. The van der Waals surface area contributed by atoms with Crippen molar-refractivity contribution in [2.45, 2.75) is 12.8 Å². The maximum Gasteiger partial charge on any atom is 0.185 e. The van der Waals surface area contributed by atoms with Gasteiger partial charge in [0, 0.05) is 11.1 Å². The Morgan fingerprint density at radius 3 is 1.64 bits per heavy atom. The van der Waals surface area contributed by atoms with E-state index in [0.717, 1.165) is 0 Å². The van der Waals surface area contributed by atoms with Crippen molar-refractivity contribution in [1.29, 1.82) is 0 Å². The molecular weight excluding hydrogens is 282 g/mol. The van der Waals surface area contributed by atoms with Crippen molar-refractivity contribution >= 4 is 17.9 Å². The van der Waals surface area contributed by atoms with E-state index >= 15 is 0 Å². The Labute approximate surface area is 127 Å². The second-order valence-corrected chi connectivity index (χ2v) is 5.28. The summed E-state index contributed by atoms with van der Waals surface area (Å²) in [6, 6.07) is 12.3. The lowest BCUT2D eigenvalue weighted by atomic mass is 10.1. The molecule has 0 radical (unpaired) electrons. The molecule has 2 aromatic carbocycles. The van der Waals surface area contributed by atoms with Crippen molar-refractivity contribution in [3.05, 3.63) is 82.4 Å². The van der Waals surface area contributed by atoms with E-state index in [4.69, 9.17) is 0 Å². The summed E-state index contributed by atoms with van der Waals surface area (Å²) in [6.45, 7) is 0. The van der Waals surface area contributed by atoms with Gasteiger partial charge in [0.25, 0.3) is 0 Å². The average Bonchev–Trinajstić information content (AvgIpc) is 2.80. The molecular formula is C19H14F2O. The highest BCUT2D eigenvalue weighted by molar-refractivity contribution is 6.15. The molecule has 0 N–H and O–H groups in total. The van der Waals surface area contributed by atoms with Crippen LogP contribution in [0.15, 0.2) is 59.7 Å². The number of carbonyl (C=O) groups excluding carboxylic acids is 1. The van der Waals surface area contributed by atoms with Gasteiger partial charge < -0.3 is 0 Å². The molecule has 3 rings (SSSR count). The minimum atomic E-state index is -0.324. The molecule has 0 aromatic heterocycles. The third-order valence-electron chi connectivity index (χ3n) is 3.63. The Morgan fingerprint density at radius 1 is 0.773 bits per heavy atom. The van der Waals surface area contributed by atoms with Crippen molar-refractivity contribution in [2.75, 3.05) is 0 Å². The molecule has 1 aliphatic rings. The van der Waals surface area contributed by atoms with Gasteiger partial charge in [-0.2, -0.15) is 0 Å². The largest absolute Gasteiger partial charge is 0.289 e. The zero-order valence-electron chi connectivity index (χ0n) is 11.9. The fourth-order valence-electron chi connectivity index (χ4n) is 2.57. The SMILES string of the molecule is O=C1C(=Cc2cccc(F)c2)CCC1=Cc1cccc(F)c1. The van der Waals surface area contributed by atoms with E-state index in [2.05, 4.69) is 0 Å². The first-order valence-corrected chi connectivity index (χ1v) is 7.09. The molecule has 22 heavy (non-hydrogen) atoms. The molecule has 0 amide bonds. The Kier molecular flexibility index (Phi) is 3.96. The number of ketones is 1. The van der Waals surface area contributed by atoms with Gasteiger partial charge in [-0.1, -0.05) is 24.3 Å². The lowest BCUT2D eigenvalue weighted by Gasteiger charge is -1.98. The average molecular weight is 296 g/mol. The molecule has 1 aliphatic carbocycles. The van der Waals surface area contributed by atoms with Gasteiger partial charge in [-0.25, -0.2) is 8.78 Å². The van der Waals surface area contributed by atoms with E-state index in [-0.39, 0.29) is 17.4 Å². The van der Waals surface area contributed by atoms with Gasteiger partial charge in [0.2, 0.25) is 0 Å². The van der Waals surface area contributed by atoms with E-state index in [9.17, 15) is 13.6 Å². The van der Waals surface area contributed by atoms with Crippen LogP contribution >= 0.6 is 0 Å². The van der Waals surface area contributed by atoms with Crippen molar-refractivity contribution in [1.82, 2.24) is 0 Å². The lowest BCUT2D eigenvalue weighted by molar-refractivity contribution is -0.111. The molecule has 110 valence electrons. The number of allylic oxidation sites excluding steroid dienone is 2. The van der Waals surface area contributed by atoms with Crippen LogP contribution in [0.1, 0.15) is 24.0 Å². The molecule has 1 nitrogen and oxygen atoms in total. The highest BCUT2D eigenvalue weighted by atomic mass is 19.1. The summed E-state index contributed by atoms with van der Waals surface area (Å²) in [5, 5.41) is 0. The van der Waals surface area contributed by atoms with Gasteiger partial charge >= 0.3 is 0 Å². The molecule has 0 atom stereocenters. The van der Waals surface area contributed by atoms with Crippen LogP contribution in [0.4, 0.5) is 8.78 Å². The number of rotatable bonds is 2. The number of hydrogen-bond acceptors (Lipinski definition) is 1. The van der Waals surface area contributed by atoms with Gasteiger partial charge in [0.15, 0.2) is 5.78 Å². The van der Waals surface area contributed by atoms with Crippen molar-refractivity contribution in [3.63, 3.8) is 0 Å². The Balaban J connectivity index is 1.86. The van der Waals surface area contributed by atoms with E-state index < -0.39 is 0 Å². The van der Waals surface area contributed by atoms with E-state index in [1.807, 2.05) is 0 Å². The Bertz CT molecular complexity index is 722. The zero-order chi connectivity index (χ0) is 15.5. The number of carbonyl (C=O) groups is 1. The van der Waals surface area contributed by atoms with Crippen LogP contribution in [-0.4, -0.2) is 5.78 Å². The van der Waals surface area contributed by atoms with Crippen LogP contribution in [0.3, 0.4) is 0 Å². The van der Waals surface area contributed by atoms with E-state index in [1.165, 1.54) is 24.3 Å². The molecule has 0 heterocycles. The molecule has 0 spiro atoms. The minimum absolute atomic E-state index is 0.0477. The molecule has 0 bridgehead atoms. The predicted octanol–water partition coefficient (Wildman–Crippen LogP) is 4.79. The molecule has 2 aromatic rings. The third-order valence-corrected chi connectivity index (χ3v) is 3.63. The Hall–Kier alpha value is -2.55. The Morgan fingerprint density at radius 2 is 1.23 bits per heavy atom. The number of halogens is 2. The highest BCUT2D eigenvalue weighted by Gasteiger charge is 2.22. The highest BCUT2D eigenvalue weighted by Crippen LogP contribution is 2.29. The first-order valence-electron chi connectivity index (χ1n) is 7.09. The van der Waals surface area contributed by atoms with Crippen molar-refractivity contribution in [3.8, 4) is 0 Å². The van der Waals surface area contributed by atoms with Gasteiger partial charge in [-0.05, 0) is 60.4 Å². The summed E-state index contributed by atoms with van der Waals surface area (Å²) in [5.74, 6) is -0.695. The van der Waals surface area contributed by atoms with Crippen molar-refractivity contribution in [2.24, 2.45) is 0 Å². The zero-order valence-corrected chi connectivity index (χ0v) is 11.9. The number of hydrogen-bond donors (Lipinski definition) is 0. The first kappa shape index (κ1) is 14.4. The van der Waals surface area contributed by atoms with Crippen LogP contribution in [0.2, 0.25) is 0 Å². The third kappa shape index (κ3) is 3.19. The predicted molar refractivity (Wildman–Crippen MR) is 83.0 cm³/mol. The van der Waals surface area contributed by atoms with Gasteiger partial charge in [0.05, 0.1) is 0 Å². The fraction of sp³-hybridized carbons (Fsp3) is 0.105. The molecule has 1 saturated carbocycles. The van der Waals surface area contributed by atoms with E-state index in [0.29, 0.717) is 35.1 Å². The first-order chi connectivity index (χ1) is 10.6. The number of Topliss-reactive ketones (excluding diaryl/α,β-unsaturated/α-hetero) is 1. The summed E-state index contributed by atoms with van der Waals surface area (Å²) in [5.41, 5.74) is 2.67.